The first kappa shape index (κ1) is 10.6. The molecule has 0 atom stereocenters. The molecule has 15 heavy (non-hydrogen) atoms. The average molecular weight is 212 g/mol. The maximum absolute atomic E-state index is 8.71. The molecule has 0 radical (unpaired) electrons. The van der Waals surface area contributed by atoms with E-state index in [1.807, 2.05) is 0 Å². The fourth-order valence-electron chi connectivity index (χ4n) is 1.78. The molecule has 5 heteroatoms. The molecule has 2 heterocycles. The van der Waals surface area contributed by atoms with E-state index < -0.39 is 0 Å². The Morgan fingerprint density at radius 3 is 2.87 bits per heavy atom. The summed E-state index contributed by atoms with van der Waals surface area (Å²) in [5.74, 6) is 1.89. The highest BCUT2D eigenvalue weighted by Gasteiger charge is 2.17. The predicted molar refractivity (Wildman–Crippen MR) is 52.3 cm³/mol. The third kappa shape index (κ3) is 3.00. The maximum atomic E-state index is 8.71. The molecular formula is C10H16N2O3. The Morgan fingerprint density at radius 2 is 2.13 bits per heavy atom. The third-order valence-electron chi connectivity index (χ3n) is 2.65. The number of hydrogen-bond acceptors (Lipinski definition) is 5. The lowest BCUT2D eigenvalue weighted by Gasteiger charge is -2.20. The van der Waals surface area contributed by atoms with Crippen LogP contribution >= 0.6 is 0 Å². The highest BCUT2D eigenvalue weighted by Crippen LogP contribution is 2.18. The Balaban J connectivity index is 1.86. The Morgan fingerprint density at radius 1 is 1.33 bits per heavy atom. The average Bonchev–Trinajstić information content (AvgIpc) is 2.68. The summed E-state index contributed by atoms with van der Waals surface area (Å²) in [5.41, 5.74) is 0. The number of aromatic nitrogens is 2. The standard InChI is InChI=1S/C10H16N2O3/c13-4-1-10-11-9(12-15-10)7-8-2-5-14-6-3-8/h8,13H,1-7H2. The van der Waals surface area contributed by atoms with E-state index >= 15 is 0 Å². The lowest BCUT2D eigenvalue weighted by Crippen LogP contribution is -2.18. The van der Waals surface area contributed by atoms with Crippen LogP contribution in [0.5, 0.6) is 0 Å². The van der Waals surface area contributed by atoms with Crippen LogP contribution in [0.2, 0.25) is 0 Å². The number of nitrogens with zero attached hydrogens (tertiary/aromatic N) is 2. The number of aliphatic hydroxyl groups is 1. The van der Waals surface area contributed by atoms with Crippen LogP contribution in [0.4, 0.5) is 0 Å². The van der Waals surface area contributed by atoms with Crippen molar-refractivity contribution in [3.05, 3.63) is 11.7 Å². The van der Waals surface area contributed by atoms with Crippen molar-refractivity contribution in [2.24, 2.45) is 5.92 Å². The van der Waals surface area contributed by atoms with Crippen LogP contribution in [0.3, 0.4) is 0 Å². The Bertz CT molecular complexity index is 295. The summed E-state index contributed by atoms with van der Waals surface area (Å²) in [6.07, 6.45) is 3.45. The van der Waals surface area contributed by atoms with Crippen LogP contribution in [-0.4, -0.2) is 35.1 Å². The Hall–Kier alpha value is -0.940. The molecule has 1 saturated heterocycles. The van der Waals surface area contributed by atoms with Crippen LogP contribution in [0, 0.1) is 5.92 Å². The molecule has 0 amide bonds. The molecule has 1 N–H and O–H groups in total. The molecule has 1 aromatic rings. The Labute approximate surface area is 88.4 Å². The molecule has 0 unspecified atom stereocenters. The fourth-order valence-corrected chi connectivity index (χ4v) is 1.78. The van der Waals surface area contributed by atoms with Crippen molar-refractivity contribution in [1.29, 1.82) is 0 Å². The van der Waals surface area contributed by atoms with Gasteiger partial charge in [0.2, 0.25) is 5.89 Å². The second kappa shape index (κ2) is 5.23. The van der Waals surface area contributed by atoms with Crippen LogP contribution < -0.4 is 0 Å². The van der Waals surface area contributed by atoms with Gasteiger partial charge in [0.1, 0.15) is 0 Å². The van der Waals surface area contributed by atoms with Gasteiger partial charge >= 0.3 is 0 Å². The van der Waals surface area contributed by atoms with E-state index in [4.69, 9.17) is 14.4 Å². The van der Waals surface area contributed by atoms with Crippen molar-refractivity contribution in [2.45, 2.75) is 25.7 Å². The van der Waals surface area contributed by atoms with E-state index in [2.05, 4.69) is 10.1 Å². The van der Waals surface area contributed by atoms with E-state index in [-0.39, 0.29) is 6.61 Å². The van der Waals surface area contributed by atoms with Gasteiger partial charge in [0.25, 0.3) is 0 Å². The second-order valence-corrected chi connectivity index (χ2v) is 3.84. The summed E-state index contributed by atoms with van der Waals surface area (Å²) in [6, 6.07) is 0. The van der Waals surface area contributed by atoms with E-state index in [0.717, 1.165) is 38.3 Å². The molecule has 84 valence electrons. The van der Waals surface area contributed by atoms with Crippen molar-refractivity contribution < 1.29 is 14.4 Å². The highest BCUT2D eigenvalue weighted by molar-refractivity contribution is 4.89. The van der Waals surface area contributed by atoms with Gasteiger partial charge in [-0.3, -0.25) is 0 Å². The number of rotatable bonds is 4. The molecule has 0 aromatic carbocycles. The largest absolute Gasteiger partial charge is 0.396 e. The van der Waals surface area contributed by atoms with Crippen LogP contribution in [0.15, 0.2) is 4.52 Å². The minimum atomic E-state index is 0.0545. The lowest BCUT2D eigenvalue weighted by molar-refractivity contribution is 0.0658. The zero-order chi connectivity index (χ0) is 10.5. The minimum Gasteiger partial charge on any atom is -0.396 e. The SMILES string of the molecule is OCCc1nc(CC2CCOCC2)no1. The molecule has 0 aliphatic carbocycles. The summed E-state index contributed by atoms with van der Waals surface area (Å²) in [5, 5.41) is 12.6. The predicted octanol–water partition coefficient (Wildman–Crippen LogP) is 0.573. The molecule has 1 aliphatic heterocycles. The minimum absolute atomic E-state index is 0.0545. The summed E-state index contributed by atoms with van der Waals surface area (Å²) in [7, 11) is 0. The molecule has 1 fully saturated rings. The third-order valence-corrected chi connectivity index (χ3v) is 2.65. The maximum Gasteiger partial charge on any atom is 0.228 e. The Kier molecular flexibility index (Phi) is 3.69. The monoisotopic (exact) mass is 212 g/mol. The van der Waals surface area contributed by atoms with Crippen LogP contribution in [-0.2, 0) is 17.6 Å². The van der Waals surface area contributed by atoms with Crippen molar-refractivity contribution >= 4 is 0 Å². The van der Waals surface area contributed by atoms with Crippen molar-refractivity contribution in [2.75, 3.05) is 19.8 Å². The van der Waals surface area contributed by atoms with E-state index in [1.165, 1.54) is 0 Å². The van der Waals surface area contributed by atoms with Gasteiger partial charge in [-0.05, 0) is 18.8 Å². The first-order valence-corrected chi connectivity index (χ1v) is 5.38. The van der Waals surface area contributed by atoms with Gasteiger partial charge in [-0.1, -0.05) is 5.16 Å². The highest BCUT2D eigenvalue weighted by atomic mass is 16.5. The van der Waals surface area contributed by atoms with Gasteiger partial charge in [-0.25, -0.2) is 0 Å². The molecule has 1 aliphatic rings. The van der Waals surface area contributed by atoms with E-state index in [0.29, 0.717) is 18.2 Å². The van der Waals surface area contributed by atoms with Gasteiger partial charge in [-0.15, -0.1) is 0 Å². The first-order valence-electron chi connectivity index (χ1n) is 5.38. The van der Waals surface area contributed by atoms with Gasteiger partial charge in [0.15, 0.2) is 5.82 Å². The van der Waals surface area contributed by atoms with Gasteiger partial charge in [0, 0.05) is 19.6 Å². The van der Waals surface area contributed by atoms with Crippen molar-refractivity contribution in [3.8, 4) is 0 Å². The van der Waals surface area contributed by atoms with Crippen LogP contribution in [0.25, 0.3) is 0 Å². The normalized spacial score (nSPS) is 18.2. The first-order chi connectivity index (χ1) is 7.38. The smallest absolute Gasteiger partial charge is 0.228 e. The molecule has 5 nitrogen and oxygen atoms in total. The molecular weight excluding hydrogens is 196 g/mol. The van der Waals surface area contributed by atoms with Crippen molar-refractivity contribution in [3.63, 3.8) is 0 Å². The number of aliphatic hydroxyl groups excluding tert-OH is 1. The summed E-state index contributed by atoms with van der Waals surface area (Å²) >= 11 is 0. The van der Waals surface area contributed by atoms with E-state index in [9.17, 15) is 0 Å². The molecule has 0 saturated carbocycles. The zero-order valence-electron chi connectivity index (χ0n) is 8.69. The van der Waals surface area contributed by atoms with Crippen LogP contribution in [0.1, 0.15) is 24.6 Å². The summed E-state index contributed by atoms with van der Waals surface area (Å²) in [6.45, 7) is 1.73. The summed E-state index contributed by atoms with van der Waals surface area (Å²) < 4.78 is 10.3. The second-order valence-electron chi connectivity index (χ2n) is 3.84. The quantitative estimate of drug-likeness (QED) is 0.790. The van der Waals surface area contributed by atoms with Crippen molar-refractivity contribution in [1.82, 2.24) is 10.1 Å². The lowest BCUT2D eigenvalue weighted by atomic mass is 9.96. The van der Waals surface area contributed by atoms with E-state index in [1.54, 1.807) is 0 Å². The number of hydrogen-bond donors (Lipinski definition) is 1. The molecule has 0 bridgehead atoms. The van der Waals surface area contributed by atoms with Gasteiger partial charge in [-0.2, -0.15) is 4.98 Å². The van der Waals surface area contributed by atoms with Gasteiger partial charge < -0.3 is 14.4 Å². The molecule has 0 spiro atoms. The fraction of sp³-hybridized carbons (Fsp3) is 0.800. The zero-order valence-corrected chi connectivity index (χ0v) is 8.69. The molecule has 1 aromatic heterocycles. The number of ether oxygens (including phenoxy) is 1. The van der Waals surface area contributed by atoms with Gasteiger partial charge in [0.05, 0.1) is 13.0 Å². The topological polar surface area (TPSA) is 68.4 Å². The molecule has 2 rings (SSSR count). The summed E-state index contributed by atoms with van der Waals surface area (Å²) in [4.78, 5) is 4.22.